The lowest BCUT2D eigenvalue weighted by Gasteiger charge is -2.13. The molecule has 2 aromatic rings. The van der Waals surface area contributed by atoms with Crippen molar-refractivity contribution in [2.75, 3.05) is 19.0 Å². The maximum absolute atomic E-state index is 12.2. The van der Waals surface area contributed by atoms with Gasteiger partial charge in [-0.25, -0.2) is 4.79 Å². The van der Waals surface area contributed by atoms with Crippen molar-refractivity contribution in [3.63, 3.8) is 0 Å². The number of hydrogen-bond acceptors (Lipinski definition) is 6. The Hall–Kier alpha value is -3.79. The molecule has 0 bridgehead atoms. The first-order valence-electron chi connectivity index (χ1n) is 8.98. The summed E-state index contributed by atoms with van der Waals surface area (Å²) in [6, 6.07) is 13.8. The highest BCUT2D eigenvalue weighted by Crippen LogP contribution is 2.28. The number of methoxy groups -OCH3 is 1. The molecule has 2 rings (SSSR count). The van der Waals surface area contributed by atoms with Crippen LogP contribution in [0, 0.1) is 11.3 Å². The number of benzene rings is 2. The number of anilines is 1. The van der Waals surface area contributed by atoms with Gasteiger partial charge in [0.25, 0.3) is 5.91 Å². The zero-order valence-electron chi connectivity index (χ0n) is 16.5. The molecule has 2 aromatic carbocycles. The summed E-state index contributed by atoms with van der Waals surface area (Å²) in [6.07, 6.45) is 1.74. The van der Waals surface area contributed by atoms with Crippen LogP contribution in [0.25, 0.3) is 6.08 Å². The van der Waals surface area contributed by atoms with E-state index in [1.54, 1.807) is 48.5 Å². The molecule has 0 radical (unpaired) electrons. The minimum absolute atomic E-state index is 0.323. The normalized spacial score (nSPS) is 11.4. The van der Waals surface area contributed by atoms with Crippen molar-refractivity contribution >= 4 is 23.6 Å². The van der Waals surface area contributed by atoms with Gasteiger partial charge >= 0.3 is 5.97 Å². The number of nitriles is 1. The van der Waals surface area contributed by atoms with Crippen molar-refractivity contribution in [1.29, 1.82) is 5.26 Å². The molecule has 1 N–H and O–H groups in total. The Bertz CT molecular complexity index is 946. The first kappa shape index (κ1) is 21.5. The van der Waals surface area contributed by atoms with Gasteiger partial charge in [0, 0.05) is 6.08 Å². The summed E-state index contributed by atoms with van der Waals surface area (Å²) >= 11 is 0. The molecule has 0 aromatic heterocycles. The smallest absolute Gasteiger partial charge is 0.331 e. The third kappa shape index (κ3) is 6.11. The molecule has 0 aliphatic carbocycles. The SMILES string of the molecule is CCOc1ccc(C=CC(=O)OC(C)C(=O)Nc2ccccc2C#N)cc1OC. The lowest BCUT2D eigenvalue weighted by atomic mass is 10.2. The number of carbonyl (C=O) groups excluding carboxylic acids is 2. The summed E-state index contributed by atoms with van der Waals surface area (Å²) in [5.74, 6) is -0.0461. The van der Waals surface area contributed by atoms with Crippen LogP contribution in [-0.4, -0.2) is 31.7 Å². The van der Waals surface area contributed by atoms with E-state index in [-0.39, 0.29) is 0 Å². The second-order valence-electron chi connectivity index (χ2n) is 5.90. The highest BCUT2D eigenvalue weighted by atomic mass is 16.5. The molecule has 0 saturated heterocycles. The zero-order chi connectivity index (χ0) is 21.2. The van der Waals surface area contributed by atoms with Gasteiger partial charge in [-0.1, -0.05) is 18.2 Å². The number of carbonyl (C=O) groups is 2. The Morgan fingerprint density at radius 2 is 1.97 bits per heavy atom. The molecule has 0 fully saturated rings. The van der Waals surface area contributed by atoms with Gasteiger partial charge < -0.3 is 19.5 Å². The second-order valence-corrected chi connectivity index (χ2v) is 5.90. The van der Waals surface area contributed by atoms with Gasteiger partial charge in [0.1, 0.15) is 6.07 Å². The van der Waals surface area contributed by atoms with E-state index in [9.17, 15) is 9.59 Å². The van der Waals surface area contributed by atoms with Gasteiger partial charge in [-0.3, -0.25) is 4.79 Å². The minimum atomic E-state index is -1.03. The van der Waals surface area contributed by atoms with Crippen LogP contribution in [0.3, 0.4) is 0 Å². The Kier molecular flexibility index (Phi) is 7.80. The Balaban J connectivity index is 1.97. The van der Waals surface area contributed by atoms with Gasteiger partial charge in [-0.15, -0.1) is 0 Å². The van der Waals surface area contributed by atoms with Crippen molar-refractivity contribution in [3.8, 4) is 17.6 Å². The summed E-state index contributed by atoms with van der Waals surface area (Å²) in [7, 11) is 1.53. The van der Waals surface area contributed by atoms with Gasteiger partial charge in [0.2, 0.25) is 0 Å². The van der Waals surface area contributed by atoms with Gasteiger partial charge in [-0.2, -0.15) is 5.26 Å². The Morgan fingerprint density at radius 1 is 1.21 bits per heavy atom. The van der Waals surface area contributed by atoms with Crippen molar-refractivity contribution < 1.29 is 23.8 Å². The molecule has 0 heterocycles. The monoisotopic (exact) mass is 394 g/mol. The summed E-state index contributed by atoms with van der Waals surface area (Å²) < 4.78 is 15.8. The molecule has 0 aliphatic heterocycles. The van der Waals surface area contributed by atoms with Crippen molar-refractivity contribution in [2.24, 2.45) is 0 Å². The van der Waals surface area contributed by atoms with Crippen LogP contribution in [0.5, 0.6) is 11.5 Å². The molecule has 0 saturated carbocycles. The zero-order valence-corrected chi connectivity index (χ0v) is 16.5. The molecule has 29 heavy (non-hydrogen) atoms. The Morgan fingerprint density at radius 3 is 2.66 bits per heavy atom. The first-order chi connectivity index (χ1) is 14.0. The largest absolute Gasteiger partial charge is 0.493 e. The number of ether oxygens (including phenoxy) is 3. The summed E-state index contributed by atoms with van der Waals surface area (Å²) in [5.41, 5.74) is 1.39. The van der Waals surface area contributed by atoms with E-state index in [1.807, 2.05) is 13.0 Å². The van der Waals surface area contributed by atoms with Crippen molar-refractivity contribution in [1.82, 2.24) is 0 Å². The van der Waals surface area contributed by atoms with E-state index in [4.69, 9.17) is 19.5 Å². The molecule has 150 valence electrons. The molecular weight excluding hydrogens is 372 g/mol. The number of amides is 1. The van der Waals surface area contributed by atoms with E-state index in [0.29, 0.717) is 34.9 Å². The molecule has 0 aliphatic rings. The number of nitrogens with one attached hydrogen (secondary N) is 1. The maximum atomic E-state index is 12.2. The Labute approximate surface area is 169 Å². The van der Waals surface area contributed by atoms with Crippen LogP contribution in [0.4, 0.5) is 5.69 Å². The lowest BCUT2D eigenvalue weighted by molar-refractivity contribution is -0.148. The number of rotatable bonds is 8. The van der Waals surface area contributed by atoms with E-state index in [1.165, 1.54) is 20.1 Å². The fourth-order valence-corrected chi connectivity index (χ4v) is 2.42. The standard InChI is InChI=1S/C22H22N2O5/c1-4-28-19-11-9-16(13-20(19)27-3)10-12-21(25)29-15(2)22(26)24-18-8-6-5-7-17(18)14-23/h5-13,15H,4H2,1-3H3,(H,24,26). The molecule has 1 amide bonds. The molecule has 7 nitrogen and oxygen atoms in total. The van der Waals surface area contributed by atoms with Crippen LogP contribution in [0.1, 0.15) is 25.0 Å². The summed E-state index contributed by atoms with van der Waals surface area (Å²) in [6.45, 7) is 3.84. The molecule has 1 unspecified atom stereocenters. The predicted molar refractivity (Wildman–Crippen MR) is 109 cm³/mol. The van der Waals surface area contributed by atoms with E-state index in [2.05, 4.69) is 5.32 Å². The summed E-state index contributed by atoms with van der Waals surface area (Å²) in [4.78, 5) is 24.3. The molecule has 7 heteroatoms. The van der Waals surface area contributed by atoms with Crippen LogP contribution in [0.15, 0.2) is 48.5 Å². The highest BCUT2D eigenvalue weighted by Gasteiger charge is 2.17. The number of hydrogen-bond donors (Lipinski definition) is 1. The summed E-state index contributed by atoms with van der Waals surface area (Å²) in [5, 5.41) is 11.6. The highest BCUT2D eigenvalue weighted by molar-refractivity contribution is 5.97. The topological polar surface area (TPSA) is 97.6 Å². The van der Waals surface area contributed by atoms with Crippen LogP contribution in [0.2, 0.25) is 0 Å². The van der Waals surface area contributed by atoms with E-state index in [0.717, 1.165) is 0 Å². The third-order valence-corrected chi connectivity index (χ3v) is 3.87. The number of nitrogens with zero attached hydrogens (tertiary/aromatic N) is 1. The van der Waals surface area contributed by atoms with Crippen LogP contribution in [-0.2, 0) is 14.3 Å². The van der Waals surface area contributed by atoms with Crippen LogP contribution < -0.4 is 14.8 Å². The number of esters is 1. The lowest BCUT2D eigenvalue weighted by Crippen LogP contribution is -2.29. The van der Waals surface area contributed by atoms with Crippen molar-refractivity contribution in [3.05, 3.63) is 59.7 Å². The van der Waals surface area contributed by atoms with E-state index >= 15 is 0 Å². The van der Waals surface area contributed by atoms with Crippen LogP contribution >= 0.6 is 0 Å². The van der Waals surface area contributed by atoms with Gasteiger partial charge in [0.05, 0.1) is 25.0 Å². The molecule has 1 atom stereocenters. The predicted octanol–water partition coefficient (Wildman–Crippen LogP) is 3.55. The average molecular weight is 394 g/mol. The van der Waals surface area contributed by atoms with Gasteiger partial charge in [-0.05, 0) is 49.8 Å². The minimum Gasteiger partial charge on any atom is -0.493 e. The average Bonchev–Trinajstić information content (AvgIpc) is 2.73. The first-order valence-corrected chi connectivity index (χ1v) is 8.98. The fraction of sp³-hybridized carbons (Fsp3) is 0.227. The van der Waals surface area contributed by atoms with E-state index < -0.39 is 18.0 Å². The molecular formula is C22H22N2O5. The third-order valence-electron chi connectivity index (χ3n) is 3.87. The fourth-order valence-electron chi connectivity index (χ4n) is 2.42. The van der Waals surface area contributed by atoms with Gasteiger partial charge in [0.15, 0.2) is 17.6 Å². The number of para-hydroxylation sites is 1. The maximum Gasteiger partial charge on any atom is 0.331 e. The van der Waals surface area contributed by atoms with Crippen molar-refractivity contribution in [2.45, 2.75) is 20.0 Å². The molecule has 0 spiro atoms. The second kappa shape index (κ2) is 10.5. The quantitative estimate of drug-likeness (QED) is 0.543.